The first-order chi connectivity index (χ1) is 43.7. The van der Waals surface area contributed by atoms with Crippen LogP contribution in [-0.4, -0.2) is 72.7 Å². The molecule has 4 aromatic rings. The van der Waals surface area contributed by atoms with E-state index in [1.165, 1.54) is 0 Å². The van der Waals surface area contributed by atoms with Gasteiger partial charge in [-0.3, -0.25) is 0 Å². The van der Waals surface area contributed by atoms with E-state index in [9.17, 15) is 19.2 Å². The van der Waals surface area contributed by atoms with Gasteiger partial charge in [0.05, 0.1) is 0 Å². The van der Waals surface area contributed by atoms with Gasteiger partial charge in [-0.1, -0.05) is 194 Å². The van der Waals surface area contributed by atoms with Crippen molar-refractivity contribution in [2.75, 3.05) is 26.4 Å². The Morgan fingerprint density at radius 1 is 0.272 bits per heavy atom. The first kappa shape index (κ1) is 67.2. The van der Waals surface area contributed by atoms with Gasteiger partial charge in [0.2, 0.25) is 0 Å². The lowest BCUT2D eigenvalue weighted by Gasteiger charge is -2.27. The molecule has 12 heteroatoms. The monoisotopic (exact) mass is 1240 g/mol. The molecule has 0 amide bonds. The van der Waals surface area contributed by atoms with Crippen LogP contribution in [0.2, 0.25) is 0 Å². The van der Waals surface area contributed by atoms with Gasteiger partial charge < -0.3 is 37.9 Å². The maximum atomic E-state index is 14.0. The SMILES string of the molecule is CC(C)(C)OC(=O)COc1c2cc(C3C=CC=CC=C3)cc1Cc1cc(C3C=CC=CC=C3)cc(c1OCC(=O)OC(C)(C)C)Cc1cc(C3C=CC=CC=C3)cc(c1OCC(=O)OC(C)(C)C)Cc1cc(C3C=CC=CC=C3)cc(c1OCC(=O)OC(C)(C)C)C2. The molecule has 0 heterocycles. The van der Waals surface area contributed by atoms with Crippen LogP contribution in [0.25, 0.3) is 0 Å². The molecule has 0 atom stereocenters. The third kappa shape index (κ3) is 19.4. The summed E-state index contributed by atoms with van der Waals surface area (Å²) in [5.41, 5.74) is 6.20. The number of esters is 4. The fourth-order valence-electron chi connectivity index (χ4n) is 11.6. The number of hydrogen-bond acceptors (Lipinski definition) is 12. The fraction of sp³-hybridized carbons (Fsp3) is 0.350. The number of carbonyl (C=O) groups is 4. The Labute approximate surface area is 543 Å². The quantitative estimate of drug-likeness (QED) is 0.0685. The number of benzene rings is 4. The zero-order valence-electron chi connectivity index (χ0n) is 55.3. The first-order valence-electron chi connectivity index (χ1n) is 31.8. The maximum Gasteiger partial charge on any atom is 0.344 e. The van der Waals surface area contributed by atoms with Crippen molar-refractivity contribution < 1.29 is 57.1 Å². The molecule has 0 radical (unpaired) electrons. The second-order valence-electron chi connectivity index (χ2n) is 27.6. The maximum absolute atomic E-state index is 14.0. The van der Waals surface area contributed by atoms with Crippen LogP contribution >= 0.6 is 0 Å². The molecule has 5 aliphatic rings. The molecule has 0 N–H and O–H groups in total. The van der Waals surface area contributed by atoms with E-state index in [0.29, 0.717) is 67.5 Å². The second kappa shape index (κ2) is 29.4. The topological polar surface area (TPSA) is 142 Å². The summed E-state index contributed by atoms with van der Waals surface area (Å²) in [5, 5.41) is 0. The second-order valence-corrected chi connectivity index (χ2v) is 27.6. The Bertz CT molecular complexity index is 3150. The highest BCUT2D eigenvalue weighted by molar-refractivity contribution is 5.74. The van der Waals surface area contributed by atoms with Crippen molar-refractivity contribution in [1.82, 2.24) is 0 Å². The predicted octanol–water partition coefficient (Wildman–Crippen LogP) is 16.3. The number of rotatable bonds is 16. The molecule has 5 aliphatic carbocycles. The molecular formula is C80H88O12. The summed E-state index contributed by atoms with van der Waals surface area (Å²) in [4.78, 5) is 56.2. The summed E-state index contributed by atoms with van der Waals surface area (Å²) in [6.45, 7) is 20.1. The smallest absolute Gasteiger partial charge is 0.344 e. The molecule has 8 bridgehead atoms. The third-order valence-corrected chi connectivity index (χ3v) is 15.0. The van der Waals surface area contributed by atoms with Gasteiger partial charge in [-0.15, -0.1) is 0 Å². The molecule has 4 aromatic carbocycles. The number of allylic oxidation sites excluding steroid dienone is 24. The molecular weight excluding hydrogens is 1150 g/mol. The highest BCUT2D eigenvalue weighted by atomic mass is 16.6. The van der Waals surface area contributed by atoms with Crippen LogP contribution in [0.1, 0.15) is 174 Å². The van der Waals surface area contributed by atoms with Crippen LogP contribution in [-0.2, 0) is 63.8 Å². The Hall–Kier alpha value is -9.16. The average molecular weight is 1240 g/mol. The van der Waals surface area contributed by atoms with Gasteiger partial charge >= 0.3 is 23.9 Å². The fourth-order valence-corrected chi connectivity index (χ4v) is 11.6. The molecule has 12 nitrogen and oxygen atoms in total. The van der Waals surface area contributed by atoms with E-state index in [2.05, 4.69) is 97.1 Å². The highest BCUT2D eigenvalue weighted by Crippen LogP contribution is 2.45. The molecule has 0 fully saturated rings. The summed E-state index contributed by atoms with van der Waals surface area (Å²) >= 11 is 0. The zero-order valence-corrected chi connectivity index (χ0v) is 55.3. The molecule has 92 heavy (non-hydrogen) atoms. The van der Waals surface area contributed by atoms with Gasteiger partial charge in [0.15, 0.2) is 26.4 Å². The van der Waals surface area contributed by atoms with Gasteiger partial charge in [-0.2, -0.15) is 0 Å². The molecule has 480 valence electrons. The van der Waals surface area contributed by atoms with Crippen LogP contribution in [0.4, 0.5) is 0 Å². The Morgan fingerprint density at radius 2 is 0.424 bits per heavy atom. The largest absolute Gasteiger partial charge is 0.481 e. The van der Waals surface area contributed by atoms with Gasteiger partial charge in [0.25, 0.3) is 0 Å². The standard InChI is InChI=1S/C80H88O12/c1-77(2,3)89-69(81)49-85-73-61-37-57(53-29-21-13-14-22-30-53)38-62(73)46-64-40-59(55-33-25-17-18-26-34-55)42-66(75(64)87-51-71(83)91-79(7,8)9)48-68-44-60(56-35-27-19-20-28-36-56)43-67(76(68)88-52-72(84)92-80(10,11)12)47-65-41-58(54-31-23-15-16-24-32-54)39-63(45-61)74(65)86-50-70(82)90-78(4,5)6/h13-44,53-56H,45-52H2,1-12H3. The van der Waals surface area contributed by atoms with Crippen molar-refractivity contribution in [1.29, 1.82) is 0 Å². The summed E-state index contributed by atoms with van der Waals surface area (Å²) in [7, 11) is 0. The lowest BCUT2D eigenvalue weighted by atomic mass is 9.84. The van der Waals surface area contributed by atoms with E-state index >= 15 is 0 Å². The Balaban J connectivity index is 1.42. The Kier molecular flexibility index (Phi) is 21.5. The minimum atomic E-state index is -0.811. The Morgan fingerprint density at radius 3 is 0.565 bits per heavy atom. The number of ether oxygens (including phenoxy) is 8. The normalized spacial score (nSPS) is 16.0. The van der Waals surface area contributed by atoms with Gasteiger partial charge in [-0.25, -0.2) is 19.2 Å². The summed E-state index contributed by atoms with van der Waals surface area (Å²) < 4.78 is 51.6. The van der Waals surface area contributed by atoms with E-state index in [1.54, 1.807) is 0 Å². The van der Waals surface area contributed by atoms with Crippen molar-refractivity contribution in [2.24, 2.45) is 0 Å². The minimum absolute atomic E-state index is 0.168. The lowest BCUT2D eigenvalue weighted by molar-refractivity contribution is -0.158. The van der Waals surface area contributed by atoms with E-state index in [1.807, 2.05) is 180 Å². The number of fused-ring (bicyclic) bond motifs is 8. The van der Waals surface area contributed by atoms with Crippen LogP contribution < -0.4 is 18.9 Å². The minimum Gasteiger partial charge on any atom is -0.481 e. The molecule has 0 aromatic heterocycles. The van der Waals surface area contributed by atoms with Crippen LogP contribution in [0.3, 0.4) is 0 Å². The summed E-state index contributed by atoms with van der Waals surface area (Å²) in [5.74, 6) is -1.34. The van der Waals surface area contributed by atoms with Crippen molar-refractivity contribution in [3.63, 3.8) is 0 Å². The van der Waals surface area contributed by atoms with Crippen LogP contribution in [0, 0.1) is 0 Å². The first-order valence-corrected chi connectivity index (χ1v) is 31.8. The molecule has 0 unspecified atom stereocenters. The molecule has 0 aliphatic heterocycles. The lowest BCUT2D eigenvalue weighted by Crippen LogP contribution is -2.28. The van der Waals surface area contributed by atoms with E-state index < -0.39 is 72.7 Å². The van der Waals surface area contributed by atoms with Crippen molar-refractivity contribution in [2.45, 2.75) is 155 Å². The molecule has 0 saturated carbocycles. The van der Waals surface area contributed by atoms with Crippen LogP contribution in [0.5, 0.6) is 23.0 Å². The average Bonchev–Trinajstić information content (AvgIpc) is 0.856. The number of carbonyl (C=O) groups excluding carboxylic acids is 4. The highest BCUT2D eigenvalue weighted by Gasteiger charge is 2.30. The van der Waals surface area contributed by atoms with Crippen LogP contribution in [0.15, 0.2) is 194 Å². The summed E-state index contributed by atoms with van der Waals surface area (Å²) in [6.07, 6.45) is 50.0. The van der Waals surface area contributed by atoms with Gasteiger partial charge in [0.1, 0.15) is 45.4 Å². The molecule has 9 rings (SSSR count). The van der Waals surface area contributed by atoms with E-state index in [0.717, 1.165) is 22.3 Å². The van der Waals surface area contributed by atoms with Crippen molar-refractivity contribution in [3.8, 4) is 23.0 Å². The van der Waals surface area contributed by atoms with Crippen molar-refractivity contribution >= 4 is 23.9 Å². The molecule has 0 saturated heterocycles. The summed E-state index contributed by atoms with van der Waals surface area (Å²) in [6, 6.07) is 17.0. The van der Waals surface area contributed by atoms with Gasteiger partial charge in [0, 0.05) is 49.4 Å². The molecule has 0 spiro atoms. The zero-order chi connectivity index (χ0) is 65.8. The number of hydrogen-bond donors (Lipinski definition) is 0. The van der Waals surface area contributed by atoms with E-state index in [-0.39, 0.29) is 49.4 Å². The van der Waals surface area contributed by atoms with Crippen molar-refractivity contribution in [3.05, 3.63) is 261 Å². The van der Waals surface area contributed by atoms with Gasteiger partial charge in [-0.05, 0) is 150 Å². The van der Waals surface area contributed by atoms with E-state index in [4.69, 9.17) is 37.9 Å². The predicted molar refractivity (Wildman–Crippen MR) is 363 cm³/mol. The third-order valence-electron chi connectivity index (χ3n) is 15.0.